The molecule has 1 aromatic rings. The second kappa shape index (κ2) is 2.30. The fourth-order valence-corrected chi connectivity index (χ4v) is 0.412. The maximum atomic E-state index is 10.5. The van der Waals surface area contributed by atoms with Gasteiger partial charge in [0.15, 0.2) is 0 Å². The highest BCUT2D eigenvalue weighted by molar-refractivity contribution is 5.83. The van der Waals surface area contributed by atoms with E-state index in [0.717, 1.165) is 0 Å². The van der Waals surface area contributed by atoms with Gasteiger partial charge in [0.1, 0.15) is 6.26 Å². The van der Waals surface area contributed by atoms with E-state index in [1.54, 1.807) is 0 Å². The first-order valence-electron chi connectivity index (χ1n) is 2.32. The Balaban J connectivity index is 2.77. The quantitative estimate of drug-likeness (QED) is 0.514. The van der Waals surface area contributed by atoms with Crippen LogP contribution in [0.5, 0.6) is 0 Å². The maximum Gasteiger partial charge on any atom is 0.394 e. The fourth-order valence-electron chi connectivity index (χ4n) is 0.412. The SMILES string of the molecule is COC(=O)c1ncco1. The van der Waals surface area contributed by atoms with Gasteiger partial charge in [0.05, 0.1) is 13.3 Å². The monoisotopic (exact) mass is 127 g/mol. The molecular formula is C5H5NO3. The normalized spacial score (nSPS) is 9.00. The Hall–Kier alpha value is -1.32. The standard InChI is InChI=1S/C5H5NO3/c1-8-5(7)4-6-2-3-9-4/h2-3H,1H3. The average Bonchev–Trinajstić information content (AvgIpc) is 2.37. The third-order valence-corrected chi connectivity index (χ3v) is 0.792. The van der Waals surface area contributed by atoms with E-state index < -0.39 is 5.97 Å². The number of hydrogen-bond acceptors (Lipinski definition) is 4. The number of nitrogens with zero attached hydrogens (tertiary/aromatic N) is 1. The van der Waals surface area contributed by atoms with Crippen LogP contribution in [0.15, 0.2) is 16.9 Å². The number of rotatable bonds is 1. The number of carbonyl (C=O) groups is 1. The number of carbonyl (C=O) groups excluding carboxylic acids is 1. The van der Waals surface area contributed by atoms with Gasteiger partial charge in [-0.05, 0) is 0 Å². The summed E-state index contributed by atoms with van der Waals surface area (Å²) in [6.45, 7) is 0. The van der Waals surface area contributed by atoms with Crippen LogP contribution in [0, 0.1) is 0 Å². The molecule has 0 spiro atoms. The Labute approximate surface area is 51.5 Å². The molecule has 0 atom stereocenters. The Kier molecular flexibility index (Phi) is 1.48. The molecule has 1 aromatic heterocycles. The minimum absolute atomic E-state index is 0.0162. The number of oxazole rings is 1. The van der Waals surface area contributed by atoms with Gasteiger partial charge in [-0.2, -0.15) is 0 Å². The van der Waals surface area contributed by atoms with Crippen molar-refractivity contribution < 1.29 is 13.9 Å². The van der Waals surface area contributed by atoms with Crippen molar-refractivity contribution in [2.75, 3.05) is 7.11 Å². The summed E-state index contributed by atoms with van der Waals surface area (Å²) < 4.78 is 8.90. The molecule has 0 aromatic carbocycles. The van der Waals surface area contributed by atoms with Crippen LogP contribution in [0.1, 0.15) is 10.7 Å². The molecule has 1 heterocycles. The first-order chi connectivity index (χ1) is 4.34. The molecule has 0 saturated heterocycles. The lowest BCUT2D eigenvalue weighted by molar-refractivity contribution is 0.0556. The fraction of sp³-hybridized carbons (Fsp3) is 0.200. The van der Waals surface area contributed by atoms with Crippen LogP contribution in [0.4, 0.5) is 0 Å². The molecule has 0 aliphatic carbocycles. The summed E-state index contributed by atoms with van der Waals surface area (Å²) >= 11 is 0. The van der Waals surface area contributed by atoms with Crippen LogP contribution < -0.4 is 0 Å². The number of esters is 1. The minimum Gasteiger partial charge on any atom is -0.462 e. The molecule has 0 amide bonds. The van der Waals surface area contributed by atoms with Crippen LogP contribution in [0.3, 0.4) is 0 Å². The van der Waals surface area contributed by atoms with Gasteiger partial charge in [0.25, 0.3) is 0 Å². The Morgan fingerprint density at radius 3 is 3.11 bits per heavy atom. The third kappa shape index (κ3) is 1.07. The van der Waals surface area contributed by atoms with Crippen molar-refractivity contribution in [2.24, 2.45) is 0 Å². The van der Waals surface area contributed by atoms with E-state index in [9.17, 15) is 4.79 Å². The van der Waals surface area contributed by atoms with Crippen molar-refractivity contribution in [3.05, 3.63) is 18.4 Å². The zero-order chi connectivity index (χ0) is 6.69. The topological polar surface area (TPSA) is 52.3 Å². The summed E-state index contributed by atoms with van der Waals surface area (Å²) in [4.78, 5) is 14.0. The molecule has 0 saturated carbocycles. The molecule has 0 fully saturated rings. The van der Waals surface area contributed by atoms with Crippen LogP contribution >= 0.6 is 0 Å². The maximum absolute atomic E-state index is 10.5. The highest BCUT2D eigenvalue weighted by atomic mass is 16.5. The van der Waals surface area contributed by atoms with E-state index in [0.29, 0.717) is 0 Å². The van der Waals surface area contributed by atoms with Crippen molar-refractivity contribution in [3.63, 3.8) is 0 Å². The van der Waals surface area contributed by atoms with Gasteiger partial charge >= 0.3 is 11.9 Å². The Morgan fingerprint density at radius 1 is 1.89 bits per heavy atom. The number of methoxy groups -OCH3 is 1. The molecule has 0 unspecified atom stereocenters. The molecule has 0 aliphatic heterocycles. The predicted molar refractivity (Wildman–Crippen MR) is 27.8 cm³/mol. The Bertz CT molecular complexity index is 192. The first-order valence-corrected chi connectivity index (χ1v) is 2.32. The average molecular weight is 127 g/mol. The highest BCUT2D eigenvalue weighted by Gasteiger charge is 2.08. The van der Waals surface area contributed by atoms with Crippen molar-refractivity contribution in [2.45, 2.75) is 0 Å². The van der Waals surface area contributed by atoms with E-state index in [-0.39, 0.29) is 5.89 Å². The summed E-state index contributed by atoms with van der Waals surface area (Å²) in [5, 5.41) is 0. The van der Waals surface area contributed by atoms with Gasteiger partial charge in [-0.1, -0.05) is 0 Å². The molecule has 9 heavy (non-hydrogen) atoms. The van der Waals surface area contributed by atoms with E-state index in [4.69, 9.17) is 0 Å². The largest absolute Gasteiger partial charge is 0.462 e. The van der Waals surface area contributed by atoms with E-state index in [1.807, 2.05) is 0 Å². The zero-order valence-corrected chi connectivity index (χ0v) is 4.83. The summed E-state index contributed by atoms with van der Waals surface area (Å²) in [6, 6.07) is 0. The van der Waals surface area contributed by atoms with Gasteiger partial charge in [0.2, 0.25) is 0 Å². The molecule has 1 rings (SSSR count). The summed E-state index contributed by atoms with van der Waals surface area (Å²) in [7, 11) is 1.27. The summed E-state index contributed by atoms with van der Waals surface area (Å²) in [5.74, 6) is -0.572. The van der Waals surface area contributed by atoms with Crippen LogP contribution in [0.2, 0.25) is 0 Å². The highest BCUT2D eigenvalue weighted by Crippen LogP contribution is 1.94. The van der Waals surface area contributed by atoms with E-state index >= 15 is 0 Å². The molecule has 4 nitrogen and oxygen atoms in total. The second-order valence-electron chi connectivity index (χ2n) is 1.33. The molecule has 0 radical (unpaired) electrons. The lowest BCUT2D eigenvalue weighted by Crippen LogP contribution is -2.00. The van der Waals surface area contributed by atoms with Gasteiger partial charge in [0, 0.05) is 0 Å². The second-order valence-corrected chi connectivity index (χ2v) is 1.33. The zero-order valence-electron chi connectivity index (χ0n) is 4.83. The van der Waals surface area contributed by atoms with Gasteiger partial charge in [-0.3, -0.25) is 0 Å². The summed E-state index contributed by atoms with van der Waals surface area (Å²) in [5.41, 5.74) is 0. The number of ether oxygens (including phenoxy) is 1. The number of hydrogen-bond donors (Lipinski definition) is 0. The van der Waals surface area contributed by atoms with Crippen LogP contribution in [0.25, 0.3) is 0 Å². The minimum atomic E-state index is -0.556. The van der Waals surface area contributed by atoms with Gasteiger partial charge < -0.3 is 9.15 Å². The van der Waals surface area contributed by atoms with Crippen LogP contribution in [-0.2, 0) is 4.74 Å². The first kappa shape index (κ1) is 5.81. The van der Waals surface area contributed by atoms with E-state index in [2.05, 4.69) is 14.1 Å². The van der Waals surface area contributed by atoms with Crippen LogP contribution in [-0.4, -0.2) is 18.1 Å². The lowest BCUT2D eigenvalue weighted by Gasteiger charge is -1.88. The van der Waals surface area contributed by atoms with Crippen molar-refractivity contribution >= 4 is 5.97 Å². The molecule has 0 N–H and O–H groups in total. The Morgan fingerprint density at radius 2 is 2.67 bits per heavy atom. The predicted octanol–water partition coefficient (Wildman–Crippen LogP) is 0.461. The van der Waals surface area contributed by atoms with Gasteiger partial charge in [-0.15, -0.1) is 0 Å². The van der Waals surface area contributed by atoms with E-state index in [1.165, 1.54) is 19.6 Å². The molecule has 0 bridgehead atoms. The van der Waals surface area contributed by atoms with Gasteiger partial charge in [-0.25, -0.2) is 9.78 Å². The summed E-state index contributed by atoms with van der Waals surface area (Å²) in [6.07, 6.45) is 2.69. The van der Waals surface area contributed by atoms with Crippen molar-refractivity contribution in [3.8, 4) is 0 Å². The molecule has 0 aliphatic rings. The lowest BCUT2D eigenvalue weighted by atomic mass is 10.7. The van der Waals surface area contributed by atoms with Crippen molar-refractivity contribution in [1.82, 2.24) is 4.98 Å². The molecular weight excluding hydrogens is 122 g/mol. The molecule has 4 heteroatoms. The number of aromatic nitrogens is 1. The smallest absolute Gasteiger partial charge is 0.394 e. The molecule has 48 valence electrons. The third-order valence-electron chi connectivity index (χ3n) is 0.792. The van der Waals surface area contributed by atoms with Crippen molar-refractivity contribution in [1.29, 1.82) is 0 Å².